The zero-order valence-electron chi connectivity index (χ0n) is 10.2. The fourth-order valence-electron chi connectivity index (χ4n) is 1.94. The predicted molar refractivity (Wildman–Crippen MR) is 70.9 cm³/mol. The molecule has 100 valence electrons. The Kier molecular flexibility index (Phi) is 4.08. The van der Waals surface area contributed by atoms with Gasteiger partial charge in [0.2, 0.25) is 10.0 Å². The first-order chi connectivity index (χ1) is 8.58. The number of nitrogens with two attached hydrogens (primary N) is 1. The van der Waals surface area contributed by atoms with Crippen LogP contribution in [-0.2, 0) is 10.0 Å². The van der Waals surface area contributed by atoms with E-state index in [1.54, 1.807) is 16.4 Å². The van der Waals surface area contributed by atoms with Gasteiger partial charge in [0.1, 0.15) is 5.75 Å². The van der Waals surface area contributed by atoms with Crippen LogP contribution in [0.5, 0.6) is 5.75 Å². The normalized spacial score (nSPS) is 18.9. The molecule has 0 unspecified atom stereocenters. The summed E-state index contributed by atoms with van der Waals surface area (Å²) >= 11 is 0. The van der Waals surface area contributed by atoms with Crippen molar-refractivity contribution in [3.63, 3.8) is 0 Å². The SMILES string of the molecule is Nc1ccc(OCCCN2CCCS2(=O)=O)cc1. The van der Waals surface area contributed by atoms with Crippen molar-refractivity contribution in [1.29, 1.82) is 0 Å². The third-order valence-electron chi connectivity index (χ3n) is 2.90. The number of benzene rings is 1. The molecule has 0 radical (unpaired) electrons. The van der Waals surface area contributed by atoms with Crippen LogP contribution in [0, 0.1) is 0 Å². The highest BCUT2D eigenvalue weighted by Gasteiger charge is 2.27. The molecule has 0 atom stereocenters. The molecule has 0 aliphatic carbocycles. The monoisotopic (exact) mass is 270 g/mol. The summed E-state index contributed by atoms with van der Waals surface area (Å²) in [6, 6.07) is 7.17. The third-order valence-corrected chi connectivity index (χ3v) is 4.86. The van der Waals surface area contributed by atoms with Crippen molar-refractivity contribution in [3.8, 4) is 5.75 Å². The molecule has 1 aliphatic heterocycles. The van der Waals surface area contributed by atoms with Crippen molar-refractivity contribution in [2.24, 2.45) is 0 Å². The lowest BCUT2D eigenvalue weighted by molar-refractivity contribution is 0.292. The molecular weight excluding hydrogens is 252 g/mol. The van der Waals surface area contributed by atoms with E-state index < -0.39 is 10.0 Å². The molecule has 0 amide bonds. The highest BCUT2D eigenvalue weighted by atomic mass is 32.2. The Morgan fingerprint density at radius 1 is 1.28 bits per heavy atom. The van der Waals surface area contributed by atoms with Gasteiger partial charge in [0.15, 0.2) is 0 Å². The van der Waals surface area contributed by atoms with Crippen LogP contribution >= 0.6 is 0 Å². The number of rotatable bonds is 5. The Morgan fingerprint density at radius 3 is 2.61 bits per heavy atom. The average Bonchev–Trinajstić information content (AvgIpc) is 2.66. The summed E-state index contributed by atoms with van der Waals surface area (Å²) in [5.74, 6) is 1.04. The van der Waals surface area contributed by atoms with E-state index in [0.717, 1.165) is 12.2 Å². The quantitative estimate of drug-likeness (QED) is 0.641. The van der Waals surface area contributed by atoms with E-state index in [2.05, 4.69) is 0 Å². The summed E-state index contributed by atoms with van der Waals surface area (Å²) in [4.78, 5) is 0. The molecule has 5 nitrogen and oxygen atoms in total. The first-order valence-corrected chi connectivity index (χ1v) is 7.65. The summed E-state index contributed by atoms with van der Waals surface area (Å²) in [7, 11) is -2.98. The number of ether oxygens (including phenoxy) is 1. The first-order valence-electron chi connectivity index (χ1n) is 6.04. The Bertz CT molecular complexity index is 485. The zero-order chi connectivity index (χ0) is 13.0. The van der Waals surface area contributed by atoms with Gasteiger partial charge in [-0.25, -0.2) is 12.7 Å². The van der Waals surface area contributed by atoms with Crippen LogP contribution in [0.1, 0.15) is 12.8 Å². The lowest BCUT2D eigenvalue weighted by Gasteiger charge is -2.14. The fraction of sp³-hybridized carbons (Fsp3) is 0.500. The van der Waals surface area contributed by atoms with Gasteiger partial charge >= 0.3 is 0 Å². The second-order valence-corrected chi connectivity index (χ2v) is 6.43. The number of anilines is 1. The maximum atomic E-state index is 11.5. The summed E-state index contributed by atoms with van der Waals surface area (Å²) in [5.41, 5.74) is 6.26. The molecule has 1 aromatic carbocycles. The number of nitrogens with zero attached hydrogens (tertiary/aromatic N) is 1. The van der Waals surface area contributed by atoms with Crippen LogP contribution in [0.15, 0.2) is 24.3 Å². The van der Waals surface area contributed by atoms with E-state index in [0.29, 0.717) is 31.8 Å². The van der Waals surface area contributed by atoms with Gasteiger partial charge in [0.25, 0.3) is 0 Å². The van der Waals surface area contributed by atoms with Gasteiger partial charge in [-0.15, -0.1) is 0 Å². The molecule has 1 saturated heterocycles. The van der Waals surface area contributed by atoms with Gasteiger partial charge in [-0.2, -0.15) is 0 Å². The van der Waals surface area contributed by atoms with Crippen molar-refractivity contribution in [2.75, 3.05) is 31.2 Å². The second kappa shape index (κ2) is 5.58. The minimum atomic E-state index is -2.98. The van der Waals surface area contributed by atoms with E-state index in [1.165, 1.54) is 0 Å². The van der Waals surface area contributed by atoms with Gasteiger partial charge < -0.3 is 10.5 Å². The minimum Gasteiger partial charge on any atom is -0.494 e. The third kappa shape index (κ3) is 3.36. The smallest absolute Gasteiger partial charge is 0.214 e. The predicted octanol–water partition coefficient (Wildman–Crippen LogP) is 1.07. The summed E-state index contributed by atoms with van der Waals surface area (Å²) < 4.78 is 30.1. The largest absolute Gasteiger partial charge is 0.494 e. The van der Waals surface area contributed by atoms with Crippen LogP contribution in [-0.4, -0.2) is 38.2 Å². The van der Waals surface area contributed by atoms with Gasteiger partial charge in [-0.1, -0.05) is 0 Å². The van der Waals surface area contributed by atoms with E-state index >= 15 is 0 Å². The minimum absolute atomic E-state index is 0.284. The van der Waals surface area contributed by atoms with Crippen LogP contribution in [0.3, 0.4) is 0 Å². The molecule has 1 heterocycles. The lowest BCUT2D eigenvalue weighted by Crippen LogP contribution is -2.27. The molecule has 1 aromatic rings. The second-order valence-electron chi connectivity index (χ2n) is 4.34. The molecule has 0 aromatic heterocycles. The highest BCUT2D eigenvalue weighted by molar-refractivity contribution is 7.89. The number of hydrogen-bond acceptors (Lipinski definition) is 4. The molecular formula is C12H18N2O3S. The first kappa shape index (κ1) is 13.2. The molecule has 0 saturated carbocycles. The van der Waals surface area contributed by atoms with Gasteiger partial charge in [0.05, 0.1) is 12.4 Å². The topological polar surface area (TPSA) is 72.6 Å². The van der Waals surface area contributed by atoms with E-state index in [-0.39, 0.29) is 5.75 Å². The molecule has 2 rings (SSSR count). The lowest BCUT2D eigenvalue weighted by atomic mass is 10.3. The summed E-state index contributed by atoms with van der Waals surface area (Å²) in [6.45, 7) is 1.69. The Morgan fingerprint density at radius 2 is 2.00 bits per heavy atom. The van der Waals surface area contributed by atoms with Crippen LogP contribution in [0.2, 0.25) is 0 Å². The van der Waals surface area contributed by atoms with E-state index in [9.17, 15) is 8.42 Å². The molecule has 0 spiro atoms. The molecule has 6 heteroatoms. The molecule has 1 aliphatic rings. The van der Waals surface area contributed by atoms with E-state index in [1.807, 2.05) is 12.1 Å². The Balaban J connectivity index is 1.72. The van der Waals surface area contributed by atoms with Crippen molar-refractivity contribution >= 4 is 15.7 Å². The standard InChI is InChI=1S/C12H18N2O3S/c13-11-3-5-12(6-4-11)17-9-1-7-14-8-2-10-18(14,15)16/h3-6H,1-2,7-10,13H2. The molecule has 18 heavy (non-hydrogen) atoms. The maximum Gasteiger partial charge on any atom is 0.214 e. The maximum absolute atomic E-state index is 11.5. The van der Waals surface area contributed by atoms with Crippen molar-refractivity contribution in [2.45, 2.75) is 12.8 Å². The van der Waals surface area contributed by atoms with Gasteiger partial charge in [0, 0.05) is 18.8 Å². The molecule has 2 N–H and O–H groups in total. The van der Waals surface area contributed by atoms with Crippen molar-refractivity contribution in [3.05, 3.63) is 24.3 Å². The Labute approximate surface area is 108 Å². The van der Waals surface area contributed by atoms with Crippen molar-refractivity contribution in [1.82, 2.24) is 4.31 Å². The van der Waals surface area contributed by atoms with Crippen LogP contribution < -0.4 is 10.5 Å². The van der Waals surface area contributed by atoms with Gasteiger partial charge in [-0.3, -0.25) is 0 Å². The Hall–Kier alpha value is -1.27. The van der Waals surface area contributed by atoms with Gasteiger partial charge in [-0.05, 0) is 37.1 Å². The summed E-state index contributed by atoms with van der Waals surface area (Å²) in [6.07, 6.45) is 1.44. The number of sulfonamides is 1. The van der Waals surface area contributed by atoms with Crippen LogP contribution in [0.25, 0.3) is 0 Å². The fourth-order valence-corrected chi connectivity index (χ4v) is 3.50. The van der Waals surface area contributed by atoms with E-state index in [4.69, 9.17) is 10.5 Å². The van der Waals surface area contributed by atoms with Crippen LogP contribution in [0.4, 0.5) is 5.69 Å². The van der Waals surface area contributed by atoms with Crippen molar-refractivity contribution < 1.29 is 13.2 Å². The molecule has 0 bridgehead atoms. The average molecular weight is 270 g/mol. The highest BCUT2D eigenvalue weighted by Crippen LogP contribution is 2.15. The zero-order valence-corrected chi connectivity index (χ0v) is 11.0. The number of hydrogen-bond donors (Lipinski definition) is 1. The summed E-state index contributed by atoms with van der Waals surface area (Å²) in [5, 5.41) is 0. The number of nitrogen functional groups attached to an aromatic ring is 1. The molecule has 1 fully saturated rings.